The van der Waals surface area contributed by atoms with Crippen LogP contribution in [0.25, 0.3) is 0 Å². The van der Waals surface area contributed by atoms with E-state index in [0.717, 1.165) is 69.7 Å². The number of carbonyl (C=O) groups is 2. The van der Waals surface area contributed by atoms with Gasteiger partial charge in [-0.3, -0.25) is 14.5 Å². The van der Waals surface area contributed by atoms with E-state index in [4.69, 9.17) is 4.42 Å². The van der Waals surface area contributed by atoms with Crippen LogP contribution in [-0.2, 0) is 16.0 Å². The van der Waals surface area contributed by atoms with Crippen LogP contribution in [0, 0.1) is 5.41 Å². The monoisotopic (exact) mass is 485 g/mol. The van der Waals surface area contributed by atoms with E-state index in [9.17, 15) is 9.59 Å². The molecule has 5 heterocycles. The molecular formula is C25H35N5O3S. The predicted octanol–water partition coefficient (Wildman–Crippen LogP) is 3.48. The fourth-order valence-corrected chi connectivity index (χ4v) is 6.37. The van der Waals surface area contributed by atoms with Crippen molar-refractivity contribution in [3.8, 4) is 0 Å². The zero-order chi connectivity index (χ0) is 23.7. The van der Waals surface area contributed by atoms with Gasteiger partial charge < -0.3 is 14.2 Å². The summed E-state index contributed by atoms with van der Waals surface area (Å²) in [5, 5.41) is 10.7. The Morgan fingerprint density at radius 1 is 1.12 bits per heavy atom. The molecule has 8 nitrogen and oxygen atoms in total. The third-order valence-corrected chi connectivity index (χ3v) is 8.60. The second kappa shape index (κ2) is 9.77. The van der Waals surface area contributed by atoms with Crippen LogP contribution in [0.3, 0.4) is 0 Å². The summed E-state index contributed by atoms with van der Waals surface area (Å²) in [6, 6.07) is 3.98. The number of nitrogens with zero attached hydrogens (tertiary/aromatic N) is 5. The van der Waals surface area contributed by atoms with E-state index in [2.05, 4.69) is 15.1 Å². The van der Waals surface area contributed by atoms with Crippen molar-refractivity contribution in [2.24, 2.45) is 5.41 Å². The Bertz CT molecular complexity index is 990. The van der Waals surface area contributed by atoms with Crippen LogP contribution in [0.15, 0.2) is 21.9 Å². The van der Waals surface area contributed by atoms with Gasteiger partial charge in [0.1, 0.15) is 0 Å². The fraction of sp³-hybridized carbons (Fsp3) is 0.680. The molecule has 1 spiro atoms. The van der Waals surface area contributed by atoms with E-state index in [-0.39, 0.29) is 29.2 Å². The minimum absolute atomic E-state index is 0.0417. The molecule has 2 aromatic heterocycles. The first kappa shape index (κ1) is 23.5. The van der Waals surface area contributed by atoms with Crippen molar-refractivity contribution in [3.05, 3.63) is 34.2 Å². The third-order valence-electron chi connectivity index (χ3n) is 7.72. The number of carbonyl (C=O) groups excluding carboxylic acids is 2. The van der Waals surface area contributed by atoms with Crippen LogP contribution >= 0.6 is 11.3 Å². The number of hydrogen-bond donors (Lipinski definition) is 0. The van der Waals surface area contributed by atoms with Gasteiger partial charge in [-0.15, -0.1) is 21.5 Å². The molecule has 34 heavy (non-hydrogen) atoms. The first-order chi connectivity index (χ1) is 16.4. The number of piperidine rings is 1. The summed E-state index contributed by atoms with van der Waals surface area (Å²) in [6.45, 7) is 8.59. The lowest BCUT2D eigenvalue weighted by molar-refractivity contribution is -0.132. The highest BCUT2D eigenvalue weighted by atomic mass is 32.1. The van der Waals surface area contributed by atoms with Gasteiger partial charge in [-0.1, -0.05) is 19.9 Å². The second-order valence-corrected chi connectivity index (χ2v) is 11.5. The number of rotatable bonds is 6. The molecule has 9 heteroatoms. The molecule has 3 aliphatic heterocycles. The first-order valence-electron chi connectivity index (χ1n) is 12.6. The summed E-state index contributed by atoms with van der Waals surface area (Å²) in [6.07, 6.45) is 5.46. The van der Waals surface area contributed by atoms with Crippen LogP contribution in [0.5, 0.6) is 0 Å². The average molecular weight is 486 g/mol. The van der Waals surface area contributed by atoms with Crippen LogP contribution in [0.4, 0.5) is 0 Å². The summed E-state index contributed by atoms with van der Waals surface area (Å²) in [5.41, 5.74) is 0.0716. The van der Waals surface area contributed by atoms with Gasteiger partial charge in [-0.25, -0.2) is 0 Å². The molecule has 0 N–H and O–H groups in total. The topological polar surface area (TPSA) is 82.8 Å². The molecule has 1 atom stereocenters. The van der Waals surface area contributed by atoms with Crippen LogP contribution in [-0.4, -0.2) is 76.0 Å². The molecule has 3 aliphatic rings. The Hall–Kier alpha value is -2.26. The smallest absolute Gasteiger partial charge is 0.236 e. The molecule has 184 valence electrons. The number of hydrogen-bond acceptors (Lipinski definition) is 7. The molecule has 0 bridgehead atoms. The summed E-state index contributed by atoms with van der Waals surface area (Å²) in [5.74, 6) is 1.87. The van der Waals surface area contributed by atoms with Crippen LogP contribution in [0.1, 0.15) is 74.6 Å². The Kier molecular flexibility index (Phi) is 6.75. The average Bonchev–Trinajstić information content (AvgIpc) is 3.61. The summed E-state index contributed by atoms with van der Waals surface area (Å²) >= 11 is 1.64. The van der Waals surface area contributed by atoms with Gasteiger partial charge in [-0.05, 0) is 49.0 Å². The van der Waals surface area contributed by atoms with Crippen molar-refractivity contribution in [1.29, 1.82) is 0 Å². The zero-order valence-corrected chi connectivity index (χ0v) is 21.1. The Morgan fingerprint density at radius 2 is 1.85 bits per heavy atom. The molecule has 3 fully saturated rings. The van der Waals surface area contributed by atoms with Crippen molar-refractivity contribution in [3.63, 3.8) is 0 Å². The maximum atomic E-state index is 13.0. The summed E-state index contributed by atoms with van der Waals surface area (Å²) in [7, 11) is 0. The highest BCUT2D eigenvalue weighted by Gasteiger charge is 2.49. The van der Waals surface area contributed by atoms with Crippen LogP contribution in [0.2, 0.25) is 0 Å². The second-order valence-electron chi connectivity index (χ2n) is 10.5. The zero-order valence-electron chi connectivity index (χ0n) is 20.2. The van der Waals surface area contributed by atoms with Gasteiger partial charge in [0.15, 0.2) is 0 Å². The number of thiophene rings is 1. The molecule has 0 aromatic carbocycles. The van der Waals surface area contributed by atoms with Crippen molar-refractivity contribution in [2.75, 3.05) is 39.3 Å². The fourth-order valence-electron chi connectivity index (χ4n) is 5.68. The number of likely N-dealkylation sites (tertiary alicyclic amines) is 3. The predicted molar refractivity (Wildman–Crippen MR) is 129 cm³/mol. The van der Waals surface area contributed by atoms with Gasteiger partial charge in [0.2, 0.25) is 23.6 Å². The van der Waals surface area contributed by atoms with E-state index in [0.29, 0.717) is 24.7 Å². The van der Waals surface area contributed by atoms with E-state index >= 15 is 0 Å². The highest BCUT2D eigenvalue weighted by molar-refractivity contribution is 7.10. The van der Waals surface area contributed by atoms with Crippen molar-refractivity contribution in [1.82, 2.24) is 24.9 Å². The molecule has 2 amide bonds. The first-order valence-corrected chi connectivity index (χ1v) is 13.5. The van der Waals surface area contributed by atoms with Gasteiger partial charge >= 0.3 is 0 Å². The van der Waals surface area contributed by atoms with Gasteiger partial charge in [0.25, 0.3) is 0 Å². The lowest BCUT2D eigenvalue weighted by atomic mass is 9.76. The third kappa shape index (κ3) is 4.91. The summed E-state index contributed by atoms with van der Waals surface area (Å²) in [4.78, 5) is 33.2. The molecule has 0 saturated carbocycles. The summed E-state index contributed by atoms with van der Waals surface area (Å²) < 4.78 is 6.07. The molecular weight excluding hydrogens is 450 g/mol. The number of amides is 2. The maximum Gasteiger partial charge on any atom is 0.236 e. The molecule has 3 saturated heterocycles. The SMILES string of the molecule is CC(C)c1nnc(C2CC3(CCN(C(=O)Cc4cccs4)CC3)CN2CC(=O)N2CCCC2)o1. The Labute approximate surface area is 205 Å². The Morgan fingerprint density at radius 3 is 2.50 bits per heavy atom. The Balaban J connectivity index is 1.28. The maximum absolute atomic E-state index is 13.0. The van der Waals surface area contributed by atoms with Gasteiger partial charge in [-0.2, -0.15) is 0 Å². The minimum Gasteiger partial charge on any atom is -0.423 e. The van der Waals surface area contributed by atoms with Gasteiger partial charge in [0, 0.05) is 43.5 Å². The van der Waals surface area contributed by atoms with E-state index in [1.165, 1.54) is 0 Å². The molecule has 0 radical (unpaired) electrons. The van der Waals surface area contributed by atoms with Crippen molar-refractivity contribution in [2.45, 2.75) is 64.3 Å². The molecule has 5 rings (SSSR count). The normalized spacial score (nSPS) is 22.9. The quantitative estimate of drug-likeness (QED) is 0.623. The van der Waals surface area contributed by atoms with E-state index < -0.39 is 0 Å². The van der Waals surface area contributed by atoms with Crippen LogP contribution < -0.4 is 0 Å². The van der Waals surface area contributed by atoms with E-state index in [1.54, 1.807) is 11.3 Å². The lowest BCUT2D eigenvalue weighted by Crippen LogP contribution is -2.45. The standard InChI is InChI=1S/C25H35N5O3S/c1-18(2)23-26-27-24(33-23)20-15-25(17-30(20)16-22(32)28-9-3-4-10-28)7-11-29(12-8-25)21(31)14-19-6-5-13-34-19/h5-6,13,18,20H,3-4,7-12,14-17H2,1-2H3. The number of aromatic nitrogens is 2. The minimum atomic E-state index is -0.0417. The van der Waals surface area contributed by atoms with Crippen molar-refractivity contribution >= 4 is 23.2 Å². The largest absolute Gasteiger partial charge is 0.423 e. The molecule has 2 aromatic rings. The highest BCUT2D eigenvalue weighted by Crippen LogP contribution is 2.49. The van der Waals surface area contributed by atoms with Crippen molar-refractivity contribution < 1.29 is 14.0 Å². The lowest BCUT2D eigenvalue weighted by Gasteiger charge is -2.39. The van der Waals surface area contributed by atoms with Gasteiger partial charge in [0.05, 0.1) is 19.0 Å². The molecule has 0 aliphatic carbocycles. The van der Waals surface area contributed by atoms with E-state index in [1.807, 2.05) is 41.2 Å². The molecule has 1 unspecified atom stereocenters.